The van der Waals surface area contributed by atoms with Gasteiger partial charge in [-0.2, -0.15) is 0 Å². The van der Waals surface area contributed by atoms with Crippen molar-refractivity contribution in [2.24, 2.45) is 0 Å². The number of fused-ring (bicyclic) bond motifs is 2. The standard InChI is InChI=1S/C11H18N/c1-2-4-9(3-1)12-10-5-6-11(12)8-7-10/h3,9-11H,1-2,4-8H2. The smallest absolute Gasteiger partial charge is 0.0133 e. The highest BCUT2D eigenvalue weighted by Crippen LogP contribution is 2.41. The minimum Gasteiger partial charge on any atom is -0.294 e. The van der Waals surface area contributed by atoms with Gasteiger partial charge in [-0.3, -0.25) is 4.90 Å². The maximum Gasteiger partial charge on any atom is 0.0133 e. The molecule has 1 radical (unpaired) electrons. The van der Waals surface area contributed by atoms with Gasteiger partial charge in [0.05, 0.1) is 0 Å². The maximum absolute atomic E-state index is 2.84. The molecule has 2 aliphatic heterocycles. The van der Waals surface area contributed by atoms with E-state index in [0.717, 1.165) is 18.1 Å². The van der Waals surface area contributed by atoms with Crippen molar-refractivity contribution in [1.82, 2.24) is 4.90 Å². The van der Waals surface area contributed by atoms with Crippen molar-refractivity contribution in [2.75, 3.05) is 0 Å². The lowest BCUT2D eigenvalue weighted by atomic mass is 10.0. The molecule has 67 valence electrons. The Bertz CT molecular complexity index is 152. The van der Waals surface area contributed by atoms with Crippen LogP contribution in [-0.2, 0) is 0 Å². The van der Waals surface area contributed by atoms with Crippen LogP contribution >= 0.6 is 0 Å². The Morgan fingerprint density at radius 3 is 2.08 bits per heavy atom. The summed E-state index contributed by atoms with van der Waals surface area (Å²) < 4.78 is 0. The van der Waals surface area contributed by atoms with E-state index in [1.165, 1.54) is 44.9 Å². The predicted molar refractivity (Wildman–Crippen MR) is 49.8 cm³/mol. The Kier molecular flexibility index (Phi) is 1.68. The Morgan fingerprint density at radius 1 is 0.917 bits per heavy atom. The quantitative estimate of drug-likeness (QED) is 0.575. The Morgan fingerprint density at radius 2 is 1.58 bits per heavy atom. The van der Waals surface area contributed by atoms with Crippen LogP contribution in [0.15, 0.2) is 0 Å². The second-order valence-corrected chi connectivity index (χ2v) is 4.64. The molecular weight excluding hydrogens is 146 g/mol. The van der Waals surface area contributed by atoms with Gasteiger partial charge < -0.3 is 0 Å². The summed E-state index contributed by atoms with van der Waals surface area (Å²) in [5, 5.41) is 0. The van der Waals surface area contributed by atoms with E-state index in [0.29, 0.717) is 0 Å². The van der Waals surface area contributed by atoms with E-state index >= 15 is 0 Å². The highest BCUT2D eigenvalue weighted by Gasteiger charge is 2.43. The maximum atomic E-state index is 2.84. The molecule has 1 saturated carbocycles. The van der Waals surface area contributed by atoms with Crippen LogP contribution in [0.4, 0.5) is 0 Å². The van der Waals surface area contributed by atoms with Crippen LogP contribution in [0, 0.1) is 6.42 Å². The van der Waals surface area contributed by atoms with Gasteiger partial charge >= 0.3 is 0 Å². The molecular formula is C11H18N. The lowest BCUT2D eigenvalue weighted by molar-refractivity contribution is 0.200. The summed E-state index contributed by atoms with van der Waals surface area (Å²) in [4.78, 5) is 2.84. The zero-order chi connectivity index (χ0) is 7.97. The van der Waals surface area contributed by atoms with Crippen LogP contribution in [0.25, 0.3) is 0 Å². The first-order valence-electron chi connectivity index (χ1n) is 5.56. The monoisotopic (exact) mass is 164 g/mol. The molecule has 0 N–H and O–H groups in total. The van der Waals surface area contributed by atoms with Gasteiger partial charge in [-0.1, -0.05) is 6.42 Å². The zero-order valence-corrected chi connectivity index (χ0v) is 7.71. The molecule has 1 atom stereocenters. The molecule has 0 aromatic heterocycles. The van der Waals surface area contributed by atoms with Gasteiger partial charge in [-0.15, -0.1) is 0 Å². The van der Waals surface area contributed by atoms with Crippen molar-refractivity contribution in [3.05, 3.63) is 6.42 Å². The SMILES string of the molecule is [CH]1CCCC1N1C2CCC1CC2. The van der Waals surface area contributed by atoms with Crippen LogP contribution in [0.1, 0.15) is 44.9 Å². The molecule has 3 fully saturated rings. The highest BCUT2D eigenvalue weighted by atomic mass is 15.3. The first-order chi connectivity index (χ1) is 5.95. The van der Waals surface area contributed by atoms with E-state index in [4.69, 9.17) is 0 Å². The molecule has 1 unspecified atom stereocenters. The summed E-state index contributed by atoms with van der Waals surface area (Å²) in [5.74, 6) is 0. The van der Waals surface area contributed by atoms with E-state index in [2.05, 4.69) is 11.3 Å². The second-order valence-electron chi connectivity index (χ2n) is 4.64. The Balaban J connectivity index is 1.75. The summed E-state index contributed by atoms with van der Waals surface area (Å²) in [7, 11) is 0. The average molecular weight is 164 g/mol. The van der Waals surface area contributed by atoms with Crippen LogP contribution in [-0.4, -0.2) is 23.0 Å². The van der Waals surface area contributed by atoms with Gasteiger partial charge in [0.15, 0.2) is 0 Å². The number of rotatable bonds is 1. The molecule has 1 heteroatoms. The fraction of sp³-hybridized carbons (Fsp3) is 0.909. The molecule has 2 bridgehead atoms. The number of hydrogen-bond donors (Lipinski definition) is 0. The van der Waals surface area contributed by atoms with Gasteiger partial charge in [0.25, 0.3) is 0 Å². The van der Waals surface area contributed by atoms with Gasteiger partial charge in [0.1, 0.15) is 0 Å². The molecule has 1 aliphatic carbocycles. The van der Waals surface area contributed by atoms with Gasteiger partial charge in [0.2, 0.25) is 0 Å². The molecule has 2 saturated heterocycles. The molecule has 0 spiro atoms. The third-order valence-corrected chi connectivity index (χ3v) is 4.04. The summed E-state index contributed by atoms with van der Waals surface area (Å²) in [6.07, 6.45) is 12.8. The third-order valence-electron chi connectivity index (χ3n) is 4.04. The van der Waals surface area contributed by atoms with E-state index in [9.17, 15) is 0 Å². The fourth-order valence-electron chi connectivity index (χ4n) is 3.52. The van der Waals surface area contributed by atoms with Gasteiger partial charge in [-0.25, -0.2) is 0 Å². The number of nitrogens with zero attached hydrogens (tertiary/aromatic N) is 1. The molecule has 3 aliphatic rings. The minimum absolute atomic E-state index is 0.880. The molecule has 12 heavy (non-hydrogen) atoms. The summed E-state index contributed by atoms with van der Waals surface area (Å²) in [6.45, 7) is 0. The van der Waals surface area contributed by atoms with Crippen LogP contribution in [0.2, 0.25) is 0 Å². The van der Waals surface area contributed by atoms with E-state index < -0.39 is 0 Å². The lowest BCUT2D eigenvalue weighted by Gasteiger charge is -2.28. The summed E-state index contributed by atoms with van der Waals surface area (Å²) in [5.41, 5.74) is 0. The van der Waals surface area contributed by atoms with E-state index in [1.54, 1.807) is 0 Å². The van der Waals surface area contributed by atoms with Crippen LogP contribution < -0.4 is 0 Å². The van der Waals surface area contributed by atoms with Gasteiger partial charge in [-0.05, 0) is 44.9 Å². The molecule has 0 aromatic rings. The number of hydrogen-bond acceptors (Lipinski definition) is 1. The van der Waals surface area contributed by atoms with Crippen LogP contribution in [0.3, 0.4) is 0 Å². The fourth-order valence-corrected chi connectivity index (χ4v) is 3.52. The second kappa shape index (κ2) is 2.73. The molecule has 1 nitrogen and oxygen atoms in total. The zero-order valence-electron chi connectivity index (χ0n) is 7.71. The Hall–Kier alpha value is -0.0400. The van der Waals surface area contributed by atoms with E-state index in [-0.39, 0.29) is 0 Å². The average Bonchev–Trinajstić information content (AvgIpc) is 2.78. The van der Waals surface area contributed by atoms with Crippen molar-refractivity contribution < 1.29 is 0 Å². The van der Waals surface area contributed by atoms with Crippen molar-refractivity contribution in [2.45, 2.75) is 63.1 Å². The lowest BCUT2D eigenvalue weighted by Crippen LogP contribution is -2.37. The van der Waals surface area contributed by atoms with Crippen LogP contribution in [0.5, 0.6) is 0 Å². The molecule has 2 heterocycles. The largest absolute Gasteiger partial charge is 0.294 e. The van der Waals surface area contributed by atoms with Gasteiger partial charge in [0, 0.05) is 18.1 Å². The predicted octanol–water partition coefficient (Wildman–Crippen LogP) is 2.37. The first kappa shape index (κ1) is 7.37. The minimum atomic E-state index is 0.880. The Labute approximate surface area is 75.1 Å². The van der Waals surface area contributed by atoms with Crippen molar-refractivity contribution in [3.63, 3.8) is 0 Å². The third kappa shape index (κ3) is 0.953. The van der Waals surface area contributed by atoms with E-state index in [1.807, 2.05) is 0 Å². The molecule has 0 amide bonds. The van der Waals surface area contributed by atoms with Crippen molar-refractivity contribution in [3.8, 4) is 0 Å². The molecule has 0 aromatic carbocycles. The normalized spacial score (nSPS) is 43.0. The first-order valence-corrected chi connectivity index (χ1v) is 5.56. The van der Waals surface area contributed by atoms with Crippen molar-refractivity contribution in [1.29, 1.82) is 0 Å². The van der Waals surface area contributed by atoms with Crippen molar-refractivity contribution >= 4 is 0 Å². The highest BCUT2D eigenvalue weighted by molar-refractivity contribution is 5.03. The summed E-state index contributed by atoms with van der Waals surface area (Å²) in [6, 6.07) is 2.84. The molecule has 3 rings (SSSR count). The summed E-state index contributed by atoms with van der Waals surface area (Å²) >= 11 is 0. The topological polar surface area (TPSA) is 3.24 Å².